The molecule has 0 atom stereocenters. The van der Waals surface area contributed by atoms with Crippen LogP contribution in [0.4, 0.5) is 4.79 Å². The number of pyridine rings is 1. The molecule has 0 aliphatic carbocycles. The van der Waals surface area contributed by atoms with Gasteiger partial charge in [0.1, 0.15) is 0 Å². The van der Waals surface area contributed by atoms with Crippen molar-refractivity contribution >= 4 is 6.09 Å². The maximum Gasteiger partial charge on any atom is 0.407 e. The fourth-order valence-electron chi connectivity index (χ4n) is 3.88. The Kier molecular flexibility index (Phi) is 5.00. The number of amides is 1. The number of hydrogen-bond acceptors (Lipinski definition) is 4. The minimum atomic E-state index is -0.786. The minimum Gasteiger partial charge on any atom is -0.481 e. The van der Waals surface area contributed by atoms with E-state index in [1.165, 1.54) is 10.5 Å². The fourth-order valence-corrected chi connectivity index (χ4v) is 3.88. The van der Waals surface area contributed by atoms with Crippen LogP contribution in [0.5, 0.6) is 5.88 Å². The molecule has 2 fully saturated rings. The molecule has 0 aromatic carbocycles. The Labute approximate surface area is 137 Å². The monoisotopic (exact) mass is 319 g/mol. The molecular formula is C17H25N3O3. The van der Waals surface area contributed by atoms with Crippen LogP contribution in [0.2, 0.25) is 0 Å². The van der Waals surface area contributed by atoms with Gasteiger partial charge in [-0.3, -0.25) is 0 Å². The van der Waals surface area contributed by atoms with Crippen LogP contribution in [-0.2, 0) is 0 Å². The van der Waals surface area contributed by atoms with E-state index in [1.54, 1.807) is 13.3 Å². The van der Waals surface area contributed by atoms with Crippen molar-refractivity contribution in [3.8, 4) is 5.88 Å². The zero-order valence-electron chi connectivity index (χ0n) is 13.6. The van der Waals surface area contributed by atoms with E-state index >= 15 is 0 Å². The molecular weight excluding hydrogens is 294 g/mol. The number of likely N-dealkylation sites (tertiary alicyclic amines) is 2. The van der Waals surface area contributed by atoms with Crippen LogP contribution < -0.4 is 4.74 Å². The van der Waals surface area contributed by atoms with Gasteiger partial charge in [-0.25, -0.2) is 9.78 Å². The van der Waals surface area contributed by atoms with Gasteiger partial charge in [-0.1, -0.05) is 6.07 Å². The van der Waals surface area contributed by atoms with Crippen LogP contribution in [0.25, 0.3) is 0 Å². The lowest BCUT2D eigenvalue weighted by Gasteiger charge is -2.41. The molecule has 2 aliphatic heterocycles. The Morgan fingerprint density at radius 3 is 2.52 bits per heavy atom. The van der Waals surface area contributed by atoms with Crippen LogP contribution in [-0.4, -0.2) is 65.3 Å². The lowest BCUT2D eigenvalue weighted by molar-refractivity contribution is 0.0810. The zero-order chi connectivity index (χ0) is 16.2. The summed E-state index contributed by atoms with van der Waals surface area (Å²) in [4.78, 5) is 19.4. The van der Waals surface area contributed by atoms with E-state index < -0.39 is 6.09 Å². The van der Waals surface area contributed by atoms with Gasteiger partial charge in [0.25, 0.3) is 0 Å². The van der Waals surface area contributed by atoms with Gasteiger partial charge in [-0.05, 0) is 50.8 Å². The molecule has 3 heterocycles. The van der Waals surface area contributed by atoms with Gasteiger partial charge >= 0.3 is 6.09 Å². The highest BCUT2D eigenvalue weighted by molar-refractivity contribution is 5.65. The molecule has 2 aliphatic rings. The number of hydrogen-bond donors (Lipinski definition) is 1. The highest BCUT2D eigenvalue weighted by Crippen LogP contribution is 2.34. The van der Waals surface area contributed by atoms with Gasteiger partial charge in [0.15, 0.2) is 0 Å². The topological polar surface area (TPSA) is 65.9 Å². The zero-order valence-corrected chi connectivity index (χ0v) is 13.6. The molecule has 1 N–H and O–H groups in total. The number of carbonyl (C=O) groups is 1. The van der Waals surface area contributed by atoms with Gasteiger partial charge < -0.3 is 19.6 Å². The lowest BCUT2D eigenvalue weighted by atomic mass is 9.88. The second kappa shape index (κ2) is 7.17. The van der Waals surface area contributed by atoms with Crippen molar-refractivity contribution in [1.29, 1.82) is 0 Å². The molecule has 0 spiro atoms. The third kappa shape index (κ3) is 3.58. The summed E-state index contributed by atoms with van der Waals surface area (Å²) in [6, 6.07) is 4.63. The average molecular weight is 319 g/mol. The Hall–Kier alpha value is -1.82. The van der Waals surface area contributed by atoms with Gasteiger partial charge in [0, 0.05) is 30.9 Å². The van der Waals surface area contributed by atoms with E-state index in [0.717, 1.165) is 44.7 Å². The number of carboxylic acid groups (broad SMARTS) is 1. The van der Waals surface area contributed by atoms with E-state index in [1.807, 2.05) is 6.07 Å². The van der Waals surface area contributed by atoms with Gasteiger partial charge in [0.05, 0.1) is 7.11 Å². The third-order valence-electron chi connectivity index (χ3n) is 5.21. The van der Waals surface area contributed by atoms with Crippen molar-refractivity contribution in [2.24, 2.45) is 0 Å². The van der Waals surface area contributed by atoms with Crippen LogP contribution in [0.3, 0.4) is 0 Å². The quantitative estimate of drug-likeness (QED) is 0.927. The summed E-state index contributed by atoms with van der Waals surface area (Å²) < 4.78 is 5.39. The Bertz CT molecular complexity index is 536. The smallest absolute Gasteiger partial charge is 0.407 e. The first-order chi connectivity index (χ1) is 11.2. The molecule has 1 aromatic rings. The summed E-state index contributed by atoms with van der Waals surface area (Å²) in [7, 11) is 1.68. The SMILES string of the molecule is COc1ncccc1C1CCN(C2CCN(C(=O)O)CC2)CC1. The number of rotatable bonds is 3. The normalized spacial score (nSPS) is 21.3. The maximum atomic E-state index is 11.0. The van der Waals surface area contributed by atoms with Crippen molar-refractivity contribution in [3.05, 3.63) is 23.9 Å². The van der Waals surface area contributed by atoms with E-state index in [2.05, 4.69) is 16.0 Å². The largest absolute Gasteiger partial charge is 0.481 e. The van der Waals surface area contributed by atoms with Crippen LogP contribution in [0.15, 0.2) is 18.3 Å². The first kappa shape index (κ1) is 16.1. The molecule has 0 saturated carbocycles. The summed E-state index contributed by atoms with van der Waals surface area (Å²) in [6.07, 6.45) is 5.11. The summed E-state index contributed by atoms with van der Waals surface area (Å²) in [6.45, 7) is 3.47. The van der Waals surface area contributed by atoms with Crippen molar-refractivity contribution in [2.75, 3.05) is 33.3 Å². The predicted molar refractivity (Wildman–Crippen MR) is 87.0 cm³/mol. The molecule has 1 amide bonds. The lowest BCUT2D eigenvalue weighted by Crippen LogP contribution is -2.48. The van der Waals surface area contributed by atoms with Gasteiger partial charge in [-0.15, -0.1) is 0 Å². The standard InChI is InChI=1S/C17H25N3O3/c1-23-16-15(3-2-8-18-16)13-4-9-19(10-5-13)14-6-11-20(12-7-14)17(21)22/h2-3,8,13-14H,4-7,9-12H2,1H3,(H,21,22). The van der Waals surface area contributed by atoms with Gasteiger partial charge in [0.2, 0.25) is 5.88 Å². The Morgan fingerprint density at radius 2 is 1.91 bits per heavy atom. The first-order valence-electron chi connectivity index (χ1n) is 8.40. The number of aromatic nitrogens is 1. The summed E-state index contributed by atoms with van der Waals surface area (Å²) >= 11 is 0. The predicted octanol–water partition coefficient (Wildman–Crippen LogP) is 2.41. The molecule has 0 unspecified atom stereocenters. The first-order valence-corrected chi connectivity index (χ1v) is 8.40. The number of ether oxygens (including phenoxy) is 1. The van der Waals surface area contributed by atoms with Crippen LogP contribution in [0, 0.1) is 0 Å². The van der Waals surface area contributed by atoms with E-state index in [4.69, 9.17) is 9.84 Å². The van der Waals surface area contributed by atoms with Crippen molar-refractivity contribution in [1.82, 2.24) is 14.8 Å². The number of nitrogens with zero attached hydrogens (tertiary/aromatic N) is 3. The molecule has 0 radical (unpaired) electrons. The summed E-state index contributed by atoms with van der Waals surface area (Å²) in [5.41, 5.74) is 1.22. The molecule has 3 rings (SSSR count). The highest BCUT2D eigenvalue weighted by Gasteiger charge is 2.30. The molecule has 6 nitrogen and oxygen atoms in total. The molecule has 0 bridgehead atoms. The fraction of sp³-hybridized carbons (Fsp3) is 0.647. The van der Waals surface area contributed by atoms with Crippen molar-refractivity contribution in [3.63, 3.8) is 0 Å². The maximum absolute atomic E-state index is 11.0. The molecule has 1 aromatic heterocycles. The number of methoxy groups -OCH3 is 1. The molecule has 2 saturated heterocycles. The summed E-state index contributed by atoms with van der Waals surface area (Å²) in [5, 5.41) is 9.04. The average Bonchev–Trinajstić information content (AvgIpc) is 2.62. The van der Waals surface area contributed by atoms with E-state index in [9.17, 15) is 4.79 Å². The van der Waals surface area contributed by atoms with E-state index in [-0.39, 0.29) is 0 Å². The molecule has 6 heteroatoms. The second-order valence-electron chi connectivity index (χ2n) is 6.41. The molecule has 23 heavy (non-hydrogen) atoms. The Balaban J connectivity index is 1.54. The Morgan fingerprint density at radius 1 is 1.22 bits per heavy atom. The van der Waals surface area contributed by atoms with Crippen molar-refractivity contribution in [2.45, 2.75) is 37.6 Å². The van der Waals surface area contributed by atoms with E-state index in [0.29, 0.717) is 25.0 Å². The summed E-state index contributed by atoms with van der Waals surface area (Å²) in [5.74, 6) is 1.26. The van der Waals surface area contributed by atoms with Gasteiger partial charge in [-0.2, -0.15) is 0 Å². The molecule has 126 valence electrons. The second-order valence-corrected chi connectivity index (χ2v) is 6.41. The van der Waals surface area contributed by atoms with Crippen molar-refractivity contribution < 1.29 is 14.6 Å². The van der Waals surface area contributed by atoms with Crippen LogP contribution >= 0.6 is 0 Å². The van der Waals surface area contributed by atoms with Crippen LogP contribution in [0.1, 0.15) is 37.2 Å². The third-order valence-corrected chi connectivity index (χ3v) is 5.21. The highest BCUT2D eigenvalue weighted by atomic mass is 16.5. The minimum absolute atomic E-state index is 0.508. The number of piperidine rings is 2.